The zero-order valence-corrected chi connectivity index (χ0v) is 6.39. The van der Waals surface area contributed by atoms with Crippen molar-refractivity contribution in [1.82, 2.24) is 0 Å². The molecule has 0 aromatic carbocycles. The lowest BCUT2D eigenvalue weighted by Gasteiger charge is -2.02. The molecular formula is C8H12O2. The van der Waals surface area contributed by atoms with E-state index in [0.29, 0.717) is 0 Å². The van der Waals surface area contributed by atoms with Crippen LogP contribution >= 0.6 is 0 Å². The molecule has 0 spiro atoms. The molecule has 1 unspecified atom stereocenters. The largest absolute Gasteiger partial charge is 0.469 e. The van der Waals surface area contributed by atoms with Crippen LogP contribution in [0.2, 0.25) is 0 Å². The third kappa shape index (κ3) is 3.13. The van der Waals surface area contributed by atoms with Gasteiger partial charge in [-0.25, -0.2) is 0 Å². The molecular weight excluding hydrogens is 128 g/mol. The van der Waals surface area contributed by atoms with E-state index in [4.69, 9.17) is 2.74 Å². The van der Waals surface area contributed by atoms with Crippen molar-refractivity contribution in [2.24, 2.45) is 5.92 Å². The van der Waals surface area contributed by atoms with Crippen molar-refractivity contribution in [3.8, 4) is 11.8 Å². The summed E-state index contributed by atoms with van der Waals surface area (Å²) in [6, 6.07) is 0. The van der Waals surface area contributed by atoms with Crippen LogP contribution in [0, 0.1) is 17.8 Å². The molecule has 1 atom stereocenters. The highest BCUT2D eigenvalue weighted by atomic mass is 16.5. The summed E-state index contributed by atoms with van der Waals surface area (Å²) in [5.74, 6) is 3.32. The summed E-state index contributed by atoms with van der Waals surface area (Å²) in [5, 5.41) is 0. The van der Waals surface area contributed by atoms with Gasteiger partial charge in [-0.2, -0.15) is 0 Å². The number of hydrogen-bond donors (Lipinski definition) is 0. The molecule has 0 aromatic rings. The molecule has 0 N–H and O–H groups in total. The van der Waals surface area contributed by atoms with Gasteiger partial charge in [0.1, 0.15) is 0 Å². The van der Waals surface area contributed by atoms with Gasteiger partial charge < -0.3 is 4.74 Å². The number of ether oxygens (including phenoxy) is 1. The average Bonchev–Trinajstić information content (AvgIpc) is 2.01. The minimum absolute atomic E-state index is 0.581. The van der Waals surface area contributed by atoms with E-state index < -0.39 is 18.3 Å². The molecule has 0 saturated carbocycles. The molecule has 0 aromatic heterocycles. The molecule has 10 heavy (non-hydrogen) atoms. The van der Waals surface area contributed by atoms with E-state index in [-0.39, 0.29) is 0 Å². The lowest BCUT2D eigenvalue weighted by atomic mass is 10.1. The van der Waals surface area contributed by atoms with Crippen molar-refractivity contribution in [2.75, 3.05) is 7.11 Å². The quantitative estimate of drug-likeness (QED) is 0.428. The van der Waals surface area contributed by atoms with E-state index >= 15 is 0 Å². The molecule has 0 fully saturated rings. The molecule has 0 amide bonds. The zero-order valence-electron chi connectivity index (χ0n) is 8.39. The van der Waals surface area contributed by atoms with E-state index in [0.717, 1.165) is 0 Å². The van der Waals surface area contributed by atoms with Crippen molar-refractivity contribution in [3.63, 3.8) is 0 Å². The lowest BCUT2D eigenvalue weighted by Crippen LogP contribution is -2.11. The first-order valence-corrected chi connectivity index (χ1v) is 2.97. The van der Waals surface area contributed by atoms with Gasteiger partial charge in [0.2, 0.25) is 0 Å². The van der Waals surface area contributed by atoms with Crippen LogP contribution in [0.4, 0.5) is 0 Å². The van der Waals surface area contributed by atoms with Crippen LogP contribution in [0.1, 0.15) is 23.0 Å². The first-order chi connectivity index (χ1) is 5.45. The fourth-order valence-corrected chi connectivity index (χ4v) is 0.416. The van der Waals surface area contributed by atoms with Gasteiger partial charge >= 0.3 is 5.97 Å². The van der Waals surface area contributed by atoms with Crippen molar-refractivity contribution in [2.45, 2.75) is 20.2 Å². The predicted octanol–water partition coefficient (Wildman–Crippen LogP) is 1.21. The highest BCUT2D eigenvalue weighted by Crippen LogP contribution is 2.01. The smallest absolute Gasteiger partial charge is 0.309 e. The van der Waals surface area contributed by atoms with Gasteiger partial charge in [0, 0.05) is 9.11 Å². The van der Waals surface area contributed by atoms with Gasteiger partial charge in [0.25, 0.3) is 0 Å². The number of hydrogen-bond acceptors (Lipinski definition) is 2. The van der Waals surface area contributed by atoms with Gasteiger partial charge in [-0.3, -0.25) is 4.79 Å². The zero-order chi connectivity index (χ0) is 9.78. The molecule has 0 aliphatic heterocycles. The van der Waals surface area contributed by atoms with Gasteiger partial charge in [-0.05, 0) is 6.92 Å². The van der Waals surface area contributed by atoms with Gasteiger partial charge in [-0.1, -0.05) is 6.92 Å². The molecule has 2 nitrogen and oxygen atoms in total. The van der Waals surface area contributed by atoms with E-state index in [1.165, 1.54) is 21.0 Å². The molecule has 0 rings (SSSR count). The molecule has 0 bridgehead atoms. The van der Waals surface area contributed by atoms with E-state index in [2.05, 4.69) is 16.6 Å². The number of rotatable bonds is 2. The topological polar surface area (TPSA) is 26.3 Å². The van der Waals surface area contributed by atoms with Gasteiger partial charge in [0.15, 0.2) is 0 Å². The minimum atomic E-state index is -1.80. The molecule has 0 radical (unpaired) electrons. The molecule has 56 valence electrons. The SMILES string of the molecule is [2H]C([2H])(C#CC)C(C)C(=O)OC. The fourth-order valence-electron chi connectivity index (χ4n) is 0.416. The van der Waals surface area contributed by atoms with Crippen LogP contribution in [0.5, 0.6) is 0 Å². The second-order valence-corrected chi connectivity index (χ2v) is 1.76. The summed E-state index contributed by atoms with van der Waals surface area (Å²) in [6.45, 7) is 2.98. The Labute approximate surface area is 64.4 Å². The Hall–Kier alpha value is -0.970. The predicted molar refractivity (Wildman–Crippen MR) is 39.2 cm³/mol. The van der Waals surface area contributed by atoms with Crippen LogP contribution in [-0.2, 0) is 9.53 Å². The monoisotopic (exact) mass is 142 g/mol. The van der Waals surface area contributed by atoms with Crippen molar-refractivity contribution in [1.29, 1.82) is 0 Å². The maximum Gasteiger partial charge on any atom is 0.309 e. The van der Waals surface area contributed by atoms with Crippen LogP contribution in [0.15, 0.2) is 0 Å². The van der Waals surface area contributed by atoms with Crippen molar-refractivity contribution < 1.29 is 12.3 Å². The highest BCUT2D eigenvalue weighted by molar-refractivity contribution is 5.72. The second-order valence-electron chi connectivity index (χ2n) is 1.76. The van der Waals surface area contributed by atoms with E-state index in [1.807, 2.05) is 0 Å². The average molecular weight is 142 g/mol. The van der Waals surface area contributed by atoms with Crippen LogP contribution in [-0.4, -0.2) is 13.1 Å². The summed E-state index contributed by atoms with van der Waals surface area (Å²) in [4.78, 5) is 10.9. The first-order valence-electron chi connectivity index (χ1n) is 3.97. The molecule has 0 aliphatic rings. The number of carbonyl (C=O) groups excluding carboxylic acids is 1. The Morgan fingerprint density at radius 2 is 2.50 bits per heavy atom. The summed E-state index contributed by atoms with van der Waals surface area (Å²) >= 11 is 0. The van der Waals surface area contributed by atoms with Crippen LogP contribution in [0.25, 0.3) is 0 Å². The maximum atomic E-state index is 10.9. The van der Waals surface area contributed by atoms with Crippen molar-refractivity contribution >= 4 is 5.97 Å². The van der Waals surface area contributed by atoms with E-state index in [9.17, 15) is 4.79 Å². The van der Waals surface area contributed by atoms with E-state index in [1.54, 1.807) is 0 Å². The van der Waals surface area contributed by atoms with Crippen LogP contribution < -0.4 is 0 Å². The molecule has 2 heteroatoms. The van der Waals surface area contributed by atoms with Crippen LogP contribution in [0.3, 0.4) is 0 Å². The summed E-state index contributed by atoms with van der Waals surface area (Å²) in [5.41, 5.74) is 0. The van der Waals surface area contributed by atoms with Gasteiger partial charge in [0.05, 0.1) is 13.0 Å². The Kier molecular flexibility index (Phi) is 2.82. The number of methoxy groups -OCH3 is 1. The van der Waals surface area contributed by atoms with Gasteiger partial charge in [-0.15, -0.1) is 11.8 Å². The number of carbonyl (C=O) groups is 1. The Morgan fingerprint density at radius 1 is 1.90 bits per heavy atom. The summed E-state index contributed by atoms with van der Waals surface area (Å²) < 4.78 is 19.1. The number of esters is 1. The Balaban J connectivity index is 4.52. The normalized spacial score (nSPS) is 15.5. The standard InChI is InChI=1S/C8H12O2/c1-4-5-6-7(2)8(9)10-3/h7H,6H2,1-3H3/i6D2. The molecule has 0 heterocycles. The molecule has 0 aliphatic carbocycles. The Morgan fingerprint density at radius 3 is 2.90 bits per heavy atom. The third-order valence-corrected chi connectivity index (χ3v) is 0.968. The first kappa shape index (κ1) is 5.79. The maximum absolute atomic E-state index is 10.9. The van der Waals surface area contributed by atoms with Crippen molar-refractivity contribution in [3.05, 3.63) is 0 Å². The summed E-state index contributed by atoms with van der Waals surface area (Å²) in [7, 11) is 1.23. The Bertz CT molecular complexity index is 225. The highest BCUT2D eigenvalue weighted by Gasteiger charge is 2.09. The lowest BCUT2D eigenvalue weighted by molar-refractivity contribution is -0.144. The second kappa shape index (κ2) is 4.87. The minimum Gasteiger partial charge on any atom is -0.469 e. The third-order valence-electron chi connectivity index (χ3n) is 0.968. The fraction of sp³-hybridized carbons (Fsp3) is 0.625. The molecule has 0 saturated heterocycles. The summed E-state index contributed by atoms with van der Waals surface area (Å²) in [6.07, 6.45) is -1.80.